The maximum atomic E-state index is 5.25. The van der Waals surface area contributed by atoms with Crippen molar-refractivity contribution in [2.75, 3.05) is 33.4 Å². The van der Waals surface area contributed by atoms with Gasteiger partial charge in [0.2, 0.25) is 5.88 Å². The van der Waals surface area contributed by atoms with Crippen molar-refractivity contribution in [1.82, 2.24) is 10.5 Å². The minimum absolute atomic E-state index is 0.388. The molecule has 1 heterocycles. The molecular formula is C7H14N2O3. The fourth-order valence-corrected chi connectivity index (χ4v) is 0.926. The molecule has 0 unspecified atom stereocenters. The molecule has 1 aliphatic rings. The number of nitrogens with one attached hydrogen (secondary N) is 1. The van der Waals surface area contributed by atoms with Crippen LogP contribution in [0.1, 0.15) is 0 Å². The van der Waals surface area contributed by atoms with Crippen LogP contribution in [0.4, 0.5) is 0 Å². The molecule has 5 nitrogen and oxygen atoms in total. The number of rotatable bonds is 4. The molecule has 1 rings (SSSR count). The van der Waals surface area contributed by atoms with Gasteiger partial charge in [0.1, 0.15) is 0 Å². The first kappa shape index (κ1) is 9.31. The molecular weight excluding hydrogens is 160 g/mol. The summed E-state index contributed by atoms with van der Waals surface area (Å²) < 4.78 is 5.14. The molecule has 0 saturated carbocycles. The van der Waals surface area contributed by atoms with Crippen molar-refractivity contribution >= 4 is 0 Å². The Morgan fingerprint density at radius 3 is 2.75 bits per heavy atom. The predicted octanol–water partition coefficient (Wildman–Crippen LogP) is -0.128. The summed E-state index contributed by atoms with van der Waals surface area (Å²) in [5, 5.41) is 1.78. The molecule has 0 aromatic rings. The average Bonchev–Trinajstić information content (AvgIpc) is 2.06. The van der Waals surface area contributed by atoms with Gasteiger partial charge < -0.3 is 9.57 Å². The van der Waals surface area contributed by atoms with Crippen LogP contribution < -0.4 is 5.48 Å². The molecule has 0 radical (unpaired) electrons. The minimum Gasteiger partial charge on any atom is -0.386 e. The van der Waals surface area contributed by atoms with Crippen molar-refractivity contribution < 1.29 is 14.4 Å². The Hall–Kier alpha value is -0.780. The molecule has 0 atom stereocenters. The van der Waals surface area contributed by atoms with Gasteiger partial charge in [0.15, 0.2) is 0 Å². The van der Waals surface area contributed by atoms with Crippen molar-refractivity contribution in [1.29, 1.82) is 0 Å². The molecule has 12 heavy (non-hydrogen) atoms. The van der Waals surface area contributed by atoms with Crippen LogP contribution in [0.25, 0.3) is 0 Å². The van der Waals surface area contributed by atoms with Gasteiger partial charge in [-0.25, -0.2) is 5.48 Å². The maximum absolute atomic E-state index is 5.25. The quantitative estimate of drug-likeness (QED) is 0.475. The lowest BCUT2D eigenvalue weighted by Gasteiger charge is -2.26. The van der Waals surface area contributed by atoms with Crippen molar-refractivity contribution in [3.8, 4) is 0 Å². The Bertz CT molecular complexity index is 146. The molecule has 0 aromatic carbocycles. The van der Waals surface area contributed by atoms with E-state index in [-0.39, 0.29) is 0 Å². The van der Waals surface area contributed by atoms with Crippen molar-refractivity contribution in [3.63, 3.8) is 0 Å². The van der Waals surface area contributed by atoms with Crippen molar-refractivity contribution in [2.45, 2.75) is 0 Å². The van der Waals surface area contributed by atoms with Crippen LogP contribution in [0.3, 0.4) is 0 Å². The monoisotopic (exact) mass is 174 g/mol. The van der Waals surface area contributed by atoms with E-state index >= 15 is 0 Å². The molecule has 5 heteroatoms. The highest BCUT2D eigenvalue weighted by Crippen LogP contribution is 2.00. The van der Waals surface area contributed by atoms with Gasteiger partial charge in [-0.3, -0.25) is 4.84 Å². The van der Waals surface area contributed by atoms with E-state index in [0.29, 0.717) is 19.1 Å². The number of ether oxygens (including phenoxy) is 1. The average molecular weight is 174 g/mol. The fraction of sp³-hybridized carbons (Fsp3) is 0.714. The van der Waals surface area contributed by atoms with E-state index in [1.54, 1.807) is 5.06 Å². The third-order valence-corrected chi connectivity index (χ3v) is 1.43. The number of hydrogen-bond donors (Lipinski definition) is 1. The van der Waals surface area contributed by atoms with E-state index < -0.39 is 0 Å². The van der Waals surface area contributed by atoms with Crippen LogP contribution in [-0.4, -0.2) is 38.5 Å². The lowest BCUT2D eigenvalue weighted by atomic mass is 10.5. The van der Waals surface area contributed by atoms with Crippen LogP contribution in [0.2, 0.25) is 0 Å². The first-order chi connectivity index (χ1) is 5.83. The molecule has 1 fully saturated rings. The van der Waals surface area contributed by atoms with Gasteiger partial charge in [-0.05, 0) is 6.58 Å². The van der Waals surface area contributed by atoms with Crippen LogP contribution in [0.15, 0.2) is 12.5 Å². The maximum Gasteiger partial charge on any atom is 0.228 e. The molecule has 1 N–H and O–H groups in total. The van der Waals surface area contributed by atoms with E-state index in [4.69, 9.17) is 9.57 Å². The Kier molecular flexibility index (Phi) is 3.86. The lowest BCUT2D eigenvalue weighted by Crippen LogP contribution is -2.37. The van der Waals surface area contributed by atoms with E-state index in [1.165, 1.54) is 7.11 Å². The molecule has 0 amide bonds. The van der Waals surface area contributed by atoms with Gasteiger partial charge in [-0.15, -0.1) is 5.06 Å². The number of hydroxylamine groups is 3. The normalized spacial score (nSPS) is 18.8. The van der Waals surface area contributed by atoms with Gasteiger partial charge in [-0.2, -0.15) is 0 Å². The topological polar surface area (TPSA) is 43.0 Å². The summed E-state index contributed by atoms with van der Waals surface area (Å²) in [5.41, 5.74) is 2.49. The minimum atomic E-state index is 0.388. The standard InChI is InChI=1S/C7H14N2O3/c1-7(8-10-2)12-9-3-5-11-6-4-9/h8H,1,3-6H2,2H3. The Morgan fingerprint density at radius 2 is 2.17 bits per heavy atom. The zero-order chi connectivity index (χ0) is 8.81. The van der Waals surface area contributed by atoms with E-state index in [1.807, 2.05) is 0 Å². The van der Waals surface area contributed by atoms with Gasteiger partial charge in [0.05, 0.1) is 33.4 Å². The van der Waals surface area contributed by atoms with Crippen molar-refractivity contribution in [3.05, 3.63) is 12.5 Å². The van der Waals surface area contributed by atoms with Crippen LogP contribution in [0, 0.1) is 0 Å². The SMILES string of the molecule is C=C(NOC)ON1CCOCC1. The van der Waals surface area contributed by atoms with Crippen molar-refractivity contribution in [2.24, 2.45) is 0 Å². The second-order valence-electron chi connectivity index (χ2n) is 2.36. The fourth-order valence-electron chi connectivity index (χ4n) is 0.926. The highest BCUT2D eigenvalue weighted by Gasteiger charge is 2.11. The van der Waals surface area contributed by atoms with Crippen LogP contribution in [0.5, 0.6) is 0 Å². The zero-order valence-electron chi connectivity index (χ0n) is 7.21. The van der Waals surface area contributed by atoms with Crippen LogP contribution >= 0.6 is 0 Å². The number of nitrogens with zero attached hydrogens (tertiary/aromatic N) is 1. The second kappa shape index (κ2) is 4.97. The third kappa shape index (κ3) is 3.08. The Morgan fingerprint density at radius 1 is 1.50 bits per heavy atom. The van der Waals surface area contributed by atoms with Gasteiger partial charge in [0.25, 0.3) is 0 Å². The van der Waals surface area contributed by atoms with E-state index in [9.17, 15) is 0 Å². The molecule has 70 valence electrons. The summed E-state index contributed by atoms with van der Waals surface area (Å²) in [7, 11) is 1.51. The lowest BCUT2D eigenvalue weighted by molar-refractivity contribution is -0.179. The van der Waals surface area contributed by atoms with E-state index in [2.05, 4.69) is 16.9 Å². The van der Waals surface area contributed by atoms with E-state index in [0.717, 1.165) is 13.1 Å². The number of morpholine rings is 1. The molecule has 0 aliphatic carbocycles. The molecule has 0 aromatic heterocycles. The highest BCUT2D eigenvalue weighted by molar-refractivity contribution is 4.73. The Labute approximate surface area is 71.8 Å². The summed E-state index contributed by atoms with van der Waals surface area (Å²) >= 11 is 0. The van der Waals surface area contributed by atoms with Gasteiger partial charge in [0, 0.05) is 0 Å². The summed E-state index contributed by atoms with van der Waals surface area (Å²) in [6, 6.07) is 0. The van der Waals surface area contributed by atoms with Gasteiger partial charge in [-0.1, -0.05) is 0 Å². The van der Waals surface area contributed by atoms with Gasteiger partial charge >= 0.3 is 0 Å². The Balaban J connectivity index is 2.15. The second-order valence-corrected chi connectivity index (χ2v) is 2.36. The summed E-state index contributed by atoms with van der Waals surface area (Å²) in [6.45, 7) is 6.50. The molecule has 0 spiro atoms. The summed E-state index contributed by atoms with van der Waals surface area (Å²) in [4.78, 5) is 9.87. The zero-order valence-corrected chi connectivity index (χ0v) is 7.21. The predicted molar refractivity (Wildman–Crippen MR) is 42.8 cm³/mol. The first-order valence-electron chi connectivity index (χ1n) is 3.81. The summed E-state index contributed by atoms with van der Waals surface area (Å²) in [6.07, 6.45) is 0. The summed E-state index contributed by atoms with van der Waals surface area (Å²) in [5.74, 6) is 0.388. The van der Waals surface area contributed by atoms with Crippen LogP contribution in [-0.2, 0) is 14.4 Å². The largest absolute Gasteiger partial charge is 0.386 e. The number of hydrogen-bond acceptors (Lipinski definition) is 5. The smallest absolute Gasteiger partial charge is 0.228 e. The molecule has 1 aliphatic heterocycles. The molecule has 0 bridgehead atoms. The third-order valence-electron chi connectivity index (χ3n) is 1.43. The first-order valence-corrected chi connectivity index (χ1v) is 3.81. The molecule has 1 saturated heterocycles. The highest BCUT2D eigenvalue weighted by atomic mass is 16.7.